The molecule has 0 bridgehead atoms. The highest BCUT2D eigenvalue weighted by molar-refractivity contribution is 7.13. The lowest BCUT2D eigenvalue weighted by molar-refractivity contribution is -0.130. The second kappa shape index (κ2) is 40.7. The molecule has 5 amide bonds. The number of nitrogens with zero attached hydrogens (tertiary/aromatic N) is 21. The quantitative estimate of drug-likeness (QED) is 0.0386. The van der Waals surface area contributed by atoms with Crippen molar-refractivity contribution in [1.29, 1.82) is 0 Å². The smallest absolute Gasteiger partial charge is 0.280 e. The number of carbonyl (C=O) groups is 5. The van der Waals surface area contributed by atoms with Gasteiger partial charge in [0.15, 0.2) is 69.6 Å². The van der Waals surface area contributed by atoms with Crippen LogP contribution < -0.4 is 28.7 Å². The second-order valence-corrected chi connectivity index (χ2v) is 33.5. The number of halogens is 15. The first-order valence-corrected chi connectivity index (χ1v) is 43.9. The van der Waals surface area contributed by atoms with Crippen LogP contribution in [0.3, 0.4) is 0 Å². The average Bonchev–Trinajstić information content (AvgIpc) is 1.62. The van der Waals surface area contributed by atoms with E-state index in [-0.39, 0.29) is 119 Å². The summed E-state index contributed by atoms with van der Waals surface area (Å²) in [5.41, 5.74) is 23.3. The Morgan fingerprint density at radius 1 is 0.340 bits per heavy atom. The molecule has 0 aliphatic carbocycles. The first-order valence-electron chi connectivity index (χ1n) is 43.0. The Labute approximate surface area is 824 Å². The van der Waals surface area contributed by atoms with Crippen molar-refractivity contribution in [3.8, 4) is 55.4 Å². The predicted molar refractivity (Wildman–Crippen MR) is 499 cm³/mol. The Balaban J connectivity index is 0.000000131. The van der Waals surface area contributed by atoms with Crippen LogP contribution in [0.4, 0.5) is 65.9 Å². The number of oxazole rings is 1. The van der Waals surface area contributed by atoms with Crippen molar-refractivity contribution in [2.75, 3.05) is 35.2 Å². The van der Waals surface area contributed by atoms with Gasteiger partial charge < -0.3 is 37.6 Å². The van der Waals surface area contributed by atoms with E-state index in [0.29, 0.717) is 27.5 Å². The summed E-state index contributed by atoms with van der Waals surface area (Å²) in [7, 11) is 7.12. The summed E-state index contributed by atoms with van der Waals surface area (Å²) in [4.78, 5) is 128. The number of benzene rings is 5. The van der Waals surface area contributed by atoms with Crippen LogP contribution >= 0.6 is 11.3 Å². The molecule has 5 unspecified atom stereocenters. The molecule has 147 heavy (non-hydrogen) atoms. The van der Waals surface area contributed by atoms with Crippen LogP contribution in [0.1, 0.15) is 122 Å². The van der Waals surface area contributed by atoms with E-state index < -0.39 is 147 Å². The zero-order valence-corrected chi connectivity index (χ0v) is 77.5. The van der Waals surface area contributed by atoms with E-state index in [9.17, 15) is 89.8 Å². The Morgan fingerprint density at radius 3 is 0.939 bits per heavy atom. The van der Waals surface area contributed by atoms with Crippen LogP contribution in [0.5, 0.6) is 0 Å². The molecule has 20 rings (SSSR count). The molecule has 0 saturated heterocycles. The maximum absolute atomic E-state index is 14.7. The number of aromatic amines is 1. The summed E-state index contributed by atoms with van der Waals surface area (Å²) in [6, 6.07) is 35.4. The Hall–Kier alpha value is -18.2. The zero-order valence-electron chi connectivity index (χ0n) is 76.7. The number of carbonyl (C=O) groups excluding carboxylic acids is 5. The van der Waals surface area contributed by atoms with Gasteiger partial charge in [0.1, 0.15) is 75.3 Å². The van der Waals surface area contributed by atoms with Gasteiger partial charge in [0, 0.05) is 125 Å². The molecular formula is C97H74F15N27O7S. The lowest BCUT2D eigenvalue weighted by Crippen LogP contribution is -2.41. The number of aromatic nitrogens is 12. The molecule has 34 nitrogen and oxygen atoms in total. The van der Waals surface area contributed by atoms with Gasteiger partial charge in [-0.05, 0) is 190 Å². The fourth-order valence-corrected chi connectivity index (χ4v) is 17.3. The van der Waals surface area contributed by atoms with Crippen molar-refractivity contribution < 1.29 is 98.8 Å². The number of guanidine groups is 5. The molecular weight excluding hydrogens is 1970 g/mol. The van der Waals surface area contributed by atoms with E-state index in [2.05, 4.69) is 85.2 Å². The molecule has 5 aliphatic rings. The van der Waals surface area contributed by atoms with Crippen LogP contribution in [0.2, 0.25) is 0 Å². The summed E-state index contributed by atoms with van der Waals surface area (Å²) in [5.74, 6) is -5.43. The van der Waals surface area contributed by atoms with E-state index in [1.165, 1.54) is 218 Å². The van der Waals surface area contributed by atoms with Gasteiger partial charge in [-0.15, -0.1) is 11.3 Å². The molecule has 0 radical (unpaired) electrons. The SMILES string of the molecule is CN1C(=O)C(c2ccnc(C(F)F)c2)(c2ccc(F)c(-c3ccn[nH]3)c2)N=C1N.CN1C(=O)C(c2ccnc(C(F)F)c2)(c2ccc(F)c(-c3ccon3)c2)N=C1N.CN1C(=O)C(c2ccnc(C(F)F)c2)(c2ccc(F)c(-c3cnco3)c2)N=C1N.CN1C(=O)C(c2ccnc(C(F)F)c2)(c2ccc(F)c(-c3cncs3)c2)N=C1N.Cc1ncc(-c2cc(C3(c4ccnc(C(F)F)c4)N=C(N)N(C)C3=O)ccc2F)cn1. The number of rotatable bonds is 20. The monoisotopic (exact) mass is 2050 g/mol. The minimum absolute atomic E-state index is 0.0404. The van der Waals surface area contributed by atoms with Gasteiger partial charge in [0.2, 0.25) is 0 Å². The maximum atomic E-state index is 14.7. The highest BCUT2D eigenvalue weighted by atomic mass is 32.1. The minimum atomic E-state index is -2.85. The number of thiazole rings is 1. The van der Waals surface area contributed by atoms with Gasteiger partial charge in [0.25, 0.3) is 61.7 Å². The molecule has 15 aromatic rings. The van der Waals surface area contributed by atoms with E-state index in [1.807, 2.05) is 0 Å². The summed E-state index contributed by atoms with van der Waals surface area (Å²) >= 11 is 1.23. The van der Waals surface area contributed by atoms with Crippen molar-refractivity contribution >= 4 is 70.7 Å². The van der Waals surface area contributed by atoms with Crippen molar-refractivity contribution in [3.63, 3.8) is 0 Å². The number of likely N-dealkylation sites (N-methyl/N-ethyl adjacent to an activating group) is 5. The molecule has 50 heteroatoms. The van der Waals surface area contributed by atoms with Crippen molar-refractivity contribution in [2.45, 2.75) is 66.7 Å². The van der Waals surface area contributed by atoms with E-state index in [1.54, 1.807) is 18.5 Å². The lowest BCUT2D eigenvalue weighted by Gasteiger charge is -2.27. The number of H-pyrrole nitrogens is 1. The topological polar surface area (TPSA) is 477 Å². The second-order valence-electron chi connectivity index (χ2n) is 32.7. The molecule has 0 saturated carbocycles. The van der Waals surface area contributed by atoms with Crippen LogP contribution in [-0.4, -0.2) is 179 Å². The molecule has 11 N–H and O–H groups in total. The number of aryl methyl sites for hydroxylation is 1. The normalized spacial score (nSPS) is 19.0. The minimum Gasteiger partial charge on any atom is -0.443 e. The van der Waals surface area contributed by atoms with Gasteiger partial charge in [-0.2, -0.15) is 5.10 Å². The van der Waals surface area contributed by atoms with Gasteiger partial charge in [-0.25, -0.2) is 106 Å². The summed E-state index contributed by atoms with van der Waals surface area (Å²) < 4.78 is 215. The summed E-state index contributed by atoms with van der Waals surface area (Å²) in [6.45, 7) is 1.69. The molecule has 750 valence electrons. The molecule has 5 aliphatic heterocycles. The number of hydrogen-bond acceptors (Lipinski definition) is 29. The molecule has 15 heterocycles. The standard InChI is InChI=1S/C21H17F3N6O.C19H15F3N6O.2C19H14F3N5O2.C19H14F3N5OS/c1-11-27-9-12(10-28-11)15-7-13(3-4-16(15)22)21(19(31)30(2)20(25)29-21)14-5-6-26-17(8-14)18(23)24;1-28-17(29)19(26-18(28)23,11-4-6-24-15(9-11)16(21)22)10-2-3-13(20)12(8-10)14-5-7-25-27-14;1-27-17(28)19(25-18(27)23,11-4-6-24-15(9-11)16(21)22)10-2-3-13(20)12(8-10)14-5-7-29-26-14;2*1-27-17(28)19(26-18(27)23,11-4-5-25-14(7-11)16(21)22)10-2-3-13(20)12(6-10)15-8-24-9-29-15/h3-10,18H,1-2H3,(H2,25,29);2-9,16H,1H3,(H2,23,26)(H,25,27);2-9,16H,1H3,(H2,23,25);2*2-9,16H,1H3,(H2,23,26). The zero-order chi connectivity index (χ0) is 105. The molecule has 5 aromatic carbocycles. The van der Waals surface area contributed by atoms with E-state index in [0.717, 1.165) is 85.8 Å². The predicted octanol–water partition coefficient (Wildman–Crippen LogP) is 14.5. The molecule has 5 atom stereocenters. The van der Waals surface area contributed by atoms with Crippen molar-refractivity contribution in [1.82, 2.24) is 84.7 Å². The fourth-order valence-electron chi connectivity index (χ4n) is 16.6. The maximum Gasteiger partial charge on any atom is 0.280 e. The first-order chi connectivity index (χ1) is 70.1. The number of nitrogens with two attached hydrogens (primary N) is 5. The number of amides is 5. The van der Waals surface area contributed by atoms with Crippen LogP contribution in [0.15, 0.2) is 278 Å². The Morgan fingerprint density at radius 2 is 0.646 bits per heavy atom. The number of aliphatic imine (C=N–C) groups is 5. The molecule has 0 spiro atoms. The number of pyridine rings is 5. The number of alkyl halides is 10. The van der Waals surface area contributed by atoms with Gasteiger partial charge in [-0.3, -0.25) is 83.5 Å². The number of hydrogen-bond donors (Lipinski definition) is 6. The van der Waals surface area contributed by atoms with Crippen LogP contribution in [0.25, 0.3) is 55.4 Å². The largest absolute Gasteiger partial charge is 0.443 e. The highest BCUT2D eigenvalue weighted by Gasteiger charge is 2.56. The third-order valence-electron chi connectivity index (χ3n) is 24.2. The average molecular weight is 2050 g/mol. The lowest BCUT2D eigenvalue weighted by atomic mass is 9.82. The van der Waals surface area contributed by atoms with Crippen LogP contribution in [-0.2, 0) is 51.7 Å². The van der Waals surface area contributed by atoms with Crippen LogP contribution in [0, 0.1) is 36.0 Å². The van der Waals surface area contributed by atoms with Gasteiger partial charge in [0.05, 0.1) is 27.8 Å². The van der Waals surface area contributed by atoms with Crippen molar-refractivity contribution in [3.05, 3.63) is 363 Å². The Kier molecular flexibility index (Phi) is 28.2. The van der Waals surface area contributed by atoms with Gasteiger partial charge >= 0.3 is 0 Å². The summed E-state index contributed by atoms with van der Waals surface area (Å²) in [5, 5.41) is 10.2. The Bertz CT molecular complexity index is 7040. The van der Waals surface area contributed by atoms with Crippen molar-refractivity contribution in [2.24, 2.45) is 53.6 Å². The third-order valence-corrected chi connectivity index (χ3v) is 25.0. The highest BCUT2D eigenvalue weighted by Crippen LogP contribution is 2.49. The third kappa shape index (κ3) is 18.6. The van der Waals surface area contributed by atoms with Gasteiger partial charge in [-0.1, -0.05) is 35.5 Å². The molecule has 0 fully saturated rings. The van der Waals surface area contributed by atoms with E-state index >= 15 is 0 Å². The first kappa shape index (κ1) is 102. The van der Waals surface area contributed by atoms with E-state index in [4.69, 9.17) is 37.6 Å². The summed E-state index contributed by atoms with van der Waals surface area (Å²) in [6.07, 6.45) is 1.26. The molecule has 10 aromatic heterocycles. The number of nitrogens with one attached hydrogen (secondary N) is 1. The fraction of sp³-hybridized carbons (Fsp3) is 0.165.